The van der Waals surface area contributed by atoms with Crippen LogP contribution >= 0.6 is 27.5 Å². The fourth-order valence-corrected chi connectivity index (χ4v) is 2.76. The molecular formula is C15H11BrClF3N2O2. The molecule has 4 nitrogen and oxygen atoms in total. The van der Waals surface area contributed by atoms with E-state index >= 15 is 0 Å². The summed E-state index contributed by atoms with van der Waals surface area (Å²) in [7, 11) is 0. The molecule has 0 aliphatic heterocycles. The van der Waals surface area contributed by atoms with E-state index in [4.69, 9.17) is 16.3 Å². The van der Waals surface area contributed by atoms with Gasteiger partial charge in [0, 0.05) is 11.2 Å². The van der Waals surface area contributed by atoms with Crippen LogP contribution in [-0.2, 0) is 6.18 Å². The quantitative estimate of drug-likeness (QED) is 0.738. The summed E-state index contributed by atoms with van der Waals surface area (Å²) in [5.41, 5.74) is -0.803. The van der Waals surface area contributed by atoms with Crippen LogP contribution in [-0.4, -0.2) is 17.5 Å². The number of anilines is 1. The van der Waals surface area contributed by atoms with E-state index in [0.717, 1.165) is 18.3 Å². The SMILES string of the molecule is CCOc1c(Br)cc(Cl)cc1NC(=O)c1ccc(C(F)(F)F)nc1. The Morgan fingerprint density at radius 1 is 1.38 bits per heavy atom. The van der Waals surface area contributed by atoms with Gasteiger partial charge in [-0.15, -0.1) is 0 Å². The van der Waals surface area contributed by atoms with Crippen LogP contribution in [0.5, 0.6) is 5.75 Å². The molecule has 9 heteroatoms. The average molecular weight is 424 g/mol. The number of nitrogens with zero attached hydrogens (tertiary/aromatic N) is 1. The summed E-state index contributed by atoms with van der Waals surface area (Å²) in [5, 5.41) is 2.90. The minimum atomic E-state index is -4.56. The summed E-state index contributed by atoms with van der Waals surface area (Å²) in [6.07, 6.45) is -3.70. The van der Waals surface area contributed by atoms with Gasteiger partial charge in [0.05, 0.1) is 22.3 Å². The standard InChI is InChI=1S/C15H11BrClF3N2O2/c1-2-24-13-10(16)5-9(17)6-11(13)22-14(23)8-3-4-12(21-7-8)15(18,19)20/h3-7H,2H2,1H3,(H,22,23). The van der Waals surface area contributed by atoms with E-state index in [1.165, 1.54) is 6.07 Å². The molecule has 1 amide bonds. The highest BCUT2D eigenvalue weighted by Gasteiger charge is 2.32. The van der Waals surface area contributed by atoms with Crippen LogP contribution in [0.1, 0.15) is 23.0 Å². The average Bonchev–Trinajstić information content (AvgIpc) is 2.50. The number of alkyl halides is 3. The van der Waals surface area contributed by atoms with Gasteiger partial charge in [-0.25, -0.2) is 0 Å². The zero-order valence-electron chi connectivity index (χ0n) is 12.2. The topological polar surface area (TPSA) is 51.2 Å². The number of hydrogen-bond donors (Lipinski definition) is 1. The van der Waals surface area contributed by atoms with E-state index < -0.39 is 17.8 Å². The van der Waals surface area contributed by atoms with Crippen molar-refractivity contribution < 1.29 is 22.7 Å². The van der Waals surface area contributed by atoms with Gasteiger partial charge in [0.15, 0.2) is 5.75 Å². The lowest BCUT2D eigenvalue weighted by Gasteiger charge is -2.14. The van der Waals surface area contributed by atoms with Crippen molar-refractivity contribution in [3.63, 3.8) is 0 Å². The summed E-state index contributed by atoms with van der Waals surface area (Å²) in [5.74, 6) is -0.263. The fourth-order valence-electron chi connectivity index (χ4n) is 1.83. The predicted molar refractivity (Wildman–Crippen MR) is 87.5 cm³/mol. The molecule has 0 fully saturated rings. The van der Waals surface area contributed by atoms with Crippen molar-refractivity contribution >= 4 is 39.1 Å². The number of rotatable bonds is 4. The molecule has 0 bridgehead atoms. The third kappa shape index (κ3) is 4.39. The number of amides is 1. The molecule has 0 saturated carbocycles. The van der Waals surface area contributed by atoms with Gasteiger partial charge in [-0.05, 0) is 47.1 Å². The number of aromatic nitrogens is 1. The van der Waals surface area contributed by atoms with E-state index in [-0.39, 0.29) is 5.56 Å². The van der Waals surface area contributed by atoms with Crippen LogP contribution in [0, 0.1) is 0 Å². The molecule has 2 aromatic rings. The van der Waals surface area contributed by atoms with E-state index in [1.807, 2.05) is 0 Å². The van der Waals surface area contributed by atoms with Crippen LogP contribution in [0.15, 0.2) is 34.9 Å². The lowest BCUT2D eigenvalue weighted by molar-refractivity contribution is -0.141. The van der Waals surface area contributed by atoms with Gasteiger partial charge in [-0.2, -0.15) is 13.2 Å². The third-order valence-corrected chi connectivity index (χ3v) is 3.67. The summed E-state index contributed by atoms with van der Waals surface area (Å²) in [6, 6.07) is 4.87. The molecule has 0 unspecified atom stereocenters. The third-order valence-electron chi connectivity index (χ3n) is 2.86. The first-order chi connectivity index (χ1) is 11.2. The Morgan fingerprint density at radius 3 is 2.62 bits per heavy atom. The van der Waals surface area contributed by atoms with Crippen LogP contribution in [0.2, 0.25) is 5.02 Å². The van der Waals surface area contributed by atoms with E-state index in [1.54, 1.807) is 13.0 Å². The Kier molecular flexibility index (Phi) is 5.71. The summed E-state index contributed by atoms with van der Waals surface area (Å²) in [6.45, 7) is 2.12. The predicted octanol–water partition coefficient (Wildman–Crippen LogP) is 5.17. The van der Waals surface area contributed by atoms with Crippen molar-refractivity contribution in [3.05, 3.63) is 51.2 Å². The number of halogens is 5. The number of carbonyl (C=O) groups is 1. The van der Waals surface area contributed by atoms with Gasteiger partial charge in [0.25, 0.3) is 5.91 Å². The maximum absolute atomic E-state index is 12.5. The molecular weight excluding hydrogens is 413 g/mol. The Morgan fingerprint density at radius 2 is 2.08 bits per heavy atom. The van der Waals surface area contributed by atoms with E-state index in [0.29, 0.717) is 27.5 Å². The number of nitrogens with one attached hydrogen (secondary N) is 1. The molecule has 1 aromatic carbocycles. The van der Waals surface area contributed by atoms with Gasteiger partial charge in [-0.3, -0.25) is 9.78 Å². The molecule has 24 heavy (non-hydrogen) atoms. The number of benzene rings is 1. The Bertz CT molecular complexity index is 752. The molecule has 1 aromatic heterocycles. The highest BCUT2D eigenvalue weighted by atomic mass is 79.9. The first-order valence-corrected chi connectivity index (χ1v) is 7.86. The zero-order valence-corrected chi connectivity index (χ0v) is 14.6. The van der Waals surface area contributed by atoms with Crippen LogP contribution in [0.4, 0.5) is 18.9 Å². The Labute approximate surface area is 149 Å². The molecule has 0 radical (unpaired) electrons. The highest BCUT2D eigenvalue weighted by Crippen LogP contribution is 2.37. The molecule has 0 saturated heterocycles. The van der Waals surface area contributed by atoms with Crippen molar-refractivity contribution in [1.29, 1.82) is 0 Å². The van der Waals surface area contributed by atoms with Crippen molar-refractivity contribution in [1.82, 2.24) is 4.98 Å². The number of pyridine rings is 1. The molecule has 0 aliphatic rings. The van der Waals surface area contributed by atoms with Gasteiger partial charge in [0.1, 0.15) is 5.69 Å². The maximum Gasteiger partial charge on any atom is 0.433 e. The van der Waals surface area contributed by atoms with Crippen LogP contribution in [0.3, 0.4) is 0 Å². The lowest BCUT2D eigenvalue weighted by Crippen LogP contribution is -2.15. The van der Waals surface area contributed by atoms with Crippen molar-refractivity contribution in [3.8, 4) is 5.75 Å². The number of carbonyl (C=O) groups excluding carboxylic acids is 1. The highest BCUT2D eigenvalue weighted by molar-refractivity contribution is 9.10. The Hall–Kier alpha value is -1.80. The van der Waals surface area contributed by atoms with Crippen LogP contribution < -0.4 is 10.1 Å². The molecule has 1 heterocycles. The second-order valence-corrected chi connectivity index (χ2v) is 5.87. The summed E-state index contributed by atoms with van der Waals surface area (Å²) < 4.78 is 43.5. The largest absolute Gasteiger partial charge is 0.491 e. The molecule has 0 atom stereocenters. The number of hydrogen-bond acceptors (Lipinski definition) is 3. The monoisotopic (exact) mass is 422 g/mol. The van der Waals surface area contributed by atoms with Crippen molar-refractivity contribution in [2.24, 2.45) is 0 Å². The second kappa shape index (κ2) is 7.40. The maximum atomic E-state index is 12.5. The normalized spacial score (nSPS) is 11.2. The molecule has 1 N–H and O–H groups in total. The van der Waals surface area contributed by atoms with E-state index in [9.17, 15) is 18.0 Å². The molecule has 2 rings (SSSR count). The first kappa shape index (κ1) is 18.5. The lowest BCUT2D eigenvalue weighted by atomic mass is 10.2. The van der Waals surface area contributed by atoms with Gasteiger partial charge >= 0.3 is 6.18 Å². The fraction of sp³-hybridized carbons (Fsp3) is 0.200. The van der Waals surface area contributed by atoms with Crippen LogP contribution in [0.25, 0.3) is 0 Å². The summed E-state index contributed by atoms with van der Waals surface area (Å²) in [4.78, 5) is 15.5. The molecule has 128 valence electrons. The van der Waals surface area contributed by atoms with Crippen molar-refractivity contribution in [2.45, 2.75) is 13.1 Å². The minimum absolute atomic E-state index is 0.0263. The van der Waals surface area contributed by atoms with Gasteiger partial charge in [-0.1, -0.05) is 11.6 Å². The molecule has 0 spiro atoms. The summed E-state index contributed by atoms with van der Waals surface area (Å²) >= 11 is 9.23. The first-order valence-electron chi connectivity index (χ1n) is 6.68. The van der Waals surface area contributed by atoms with Gasteiger partial charge in [0.2, 0.25) is 0 Å². The zero-order chi connectivity index (χ0) is 17.9. The minimum Gasteiger partial charge on any atom is -0.491 e. The number of ether oxygens (including phenoxy) is 1. The van der Waals surface area contributed by atoms with Gasteiger partial charge < -0.3 is 10.1 Å². The molecule has 0 aliphatic carbocycles. The smallest absolute Gasteiger partial charge is 0.433 e. The second-order valence-electron chi connectivity index (χ2n) is 4.58. The van der Waals surface area contributed by atoms with Crippen molar-refractivity contribution in [2.75, 3.05) is 11.9 Å². The Balaban J connectivity index is 2.26. The van der Waals surface area contributed by atoms with E-state index in [2.05, 4.69) is 26.2 Å².